The van der Waals surface area contributed by atoms with Gasteiger partial charge in [0, 0.05) is 17.1 Å². The minimum atomic E-state index is 0.790. The van der Waals surface area contributed by atoms with Gasteiger partial charge in [-0.1, -0.05) is 13.8 Å². The third-order valence-corrected chi connectivity index (χ3v) is 2.09. The Labute approximate surface area is 88.0 Å². The monoisotopic (exact) mass is 207 g/mol. The molecule has 0 aliphatic carbocycles. The van der Waals surface area contributed by atoms with Gasteiger partial charge in [0.15, 0.2) is 0 Å². The molecule has 2 rings (SSSR count). The summed E-state index contributed by atoms with van der Waals surface area (Å²) < 4.78 is 4.01. The zero-order valence-corrected chi connectivity index (χ0v) is 9.38. The summed E-state index contributed by atoms with van der Waals surface area (Å²) in [7, 11) is 0. The lowest BCUT2D eigenvalue weighted by atomic mass is 10.2. The van der Waals surface area contributed by atoms with Gasteiger partial charge < -0.3 is 0 Å². The first-order valence-corrected chi connectivity index (χ1v) is 5.39. The van der Waals surface area contributed by atoms with E-state index in [2.05, 4.69) is 14.3 Å². The van der Waals surface area contributed by atoms with Gasteiger partial charge in [0.25, 0.3) is 0 Å². The van der Waals surface area contributed by atoms with Crippen LogP contribution in [0.1, 0.15) is 19.7 Å². The van der Waals surface area contributed by atoms with Crippen molar-refractivity contribution in [3.8, 4) is 11.3 Å². The van der Waals surface area contributed by atoms with E-state index in [1.54, 1.807) is 6.20 Å². The molecule has 2 heterocycles. The van der Waals surface area contributed by atoms with Crippen LogP contribution >= 0.6 is 11.5 Å². The van der Waals surface area contributed by atoms with Crippen LogP contribution < -0.4 is 0 Å². The predicted molar refractivity (Wildman–Crippen MR) is 59.2 cm³/mol. The van der Waals surface area contributed by atoms with Crippen molar-refractivity contribution in [3.63, 3.8) is 0 Å². The molecular formula is C10H13N3S. The van der Waals surface area contributed by atoms with Gasteiger partial charge in [0.05, 0.1) is 11.9 Å². The molecule has 0 spiro atoms. The number of hydrogen-bond acceptors (Lipinski definition) is 4. The fourth-order valence-electron chi connectivity index (χ4n) is 0.948. The van der Waals surface area contributed by atoms with Crippen LogP contribution in [0.2, 0.25) is 0 Å². The highest BCUT2D eigenvalue weighted by Crippen LogP contribution is 2.16. The standard InChI is InChI=1S/C8H7N3S.C2H6/c1-6-9-3-2-8(11-6)7-4-10-12-5-7;1-2/h2-5H,1H3;1-2H3. The fraction of sp³-hybridized carbons (Fsp3) is 0.300. The number of rotatable bonds is 1. The summed E-state index contributed by atoms with van der Waals surface area (Å²) >= 11 is 1.43. The Morgan fingerprint density at radius 3 is 2.64 bits per heavy atom. The van der Waals surface area contributed by atoms with E-state index < -0.39 is 0 Å². The maximum atomic E-state index is 4.27. The lowest BCUT2D eigenvalue weighted by Gasteiger charge is -1.95. The lowest BCUT2D eigenvalue weighted by Crippen LogP contribution is -1.87. The van der Waals surface area contributed by atoms with Crippen LogP contribution in [0.25, 0.3) is 11.3 Å². The van der Waals surface area contributed by atoms with Gasteiger partial charge in [0.2, 0.25) is 0 Å². The Kier molecular flexibility index (Phi) is 4.19. The van der Waals surface area contributed by atoms with Crippen LogP contribution in [0.15, 0.2) is 23.8 Å². The maximum Gasteiger partial charge on any atom is 0.125 e. The van der Waals surface area contributed by atoms with Crippen molar-refractivity contribution in [2.45, 2.75) is 20.8 Å². The van der Waals surface area contributed by atoms with Gasteiger partial charge in [0.1, 0.15) is 5.82 Å². The molecule has 0 amide bonds. The predicted octanol–water partition coefficient (Wildman–Crippen LogP) is 2.93. The average molecular weight is 207 g/mol. The van der Waals surface area contributed by atoms with Crippen molar-refractivity contribution < 1.29 is 0 Å². The number of nitrogens with zero attached hydrogens (tertiary/aromatic N) is 3. The molecule has 0 unspecified atom stereocenters. The Balaban J connectivity index is 0.000000461. The molecule has 74 valence electrons. The average Bonchev–Trinajstić information content (AvgIpc) is 2.74. The molecule has 0 atom stereocenters. The highest BCUT2D eigenvalue weighted by Gasteiger charge is 1.99. The van der Waals surface area contributed by atoms with Gasteiger partial charge in [-0.05, 0) is 24.5 Å². The molecule has 0 fully saturated rings. The van der Waals surface area contributed by atoms with Crippen molar-refractivity contribution in [2.24, 2.45) is 0 Å². The van der Waals surface area contributed by atoms with Crippen LogP contribution in [0.4, 0.5) is 0 Å². The first-order chi connectivity index (χ1) is 6.86. The summed E-state index contributed by atoms with van der Waals surface area (Å²) in [5, 5.41) is 1.97. The van der Waals surface area contributed by atoms with E-state index in [9.17, 15) is 0 Å². The largest absolute Gasteiger partial charge is 0.242 e. The van der Waals surface area contributed by atoms with Gasteiger partial charge >= 0.3 is 0 Å². The Hall–Kier alpha value is -1.29. The first-order valence-electron chi connectivity index (χ1n) is 4.55. The second-order valence-corrected chi connectivity index (χ2v) is 3.06. The van der Waals surface area contributed by atoms with Crippen LogP contribution in [0.3, 0.4) is 0 Å². The molecule has 2 aromatic heterocycles. The molecule has 3 nitrogen and oxygen atoms in total. The van der Waals surface area contributed by atoms with Crippen LogP contribution in [-0.4, -0.2) is 14.3 Å². The summed E-state index contributed by atoms with van der Waals surface area (Å²) in [6.07, 6.45) is 3.57. The van der Waals surface area contributed by atoms with Gasteiger partial charge in [-0.25, -0.2) is 14.3 Å². The Morgan fingerprint density at radius 1 is 1.29 bits per heavy atom. The van der Waals surface area contributed by atoms with Crippen LogP contribution in [-0.2, 0) is 0 Å². The zero-order valence-electron chi connectivity index (χ0n) is 8.56. The minimum absolute atomic E-state index is 0.790. The maximum absolute atomic E-state index is 4.27. The molecule has 0 aliphatic rings. The number of aryl methyl sites for hydroxylation is 1. The van der Waals surface area contributed by atoms with E-state index in [0.717, 1.165) is 17.1 Å². The molecule has 0 saturated heterocycles. The molecule has 0 radical (unpaired) electrons. The molecular weight excluding hydrogens is 194 g/mol. The van der Waals surface area contributed by atoms with Crippen LogP contribution in [0.5, 0.6) is 0 Å². The molecule has 0 saturated carbocycles. The normalized spacial score (nSPS) is 9.07. The van der Waals surface area contributed by atoms with Crippen molar-refractivity contribution in [2.75, 3.05) is 0 Å². The highest BCUT2D eigenvalue weighted by molar-refractivity contribution is 7.03. The molecule has 0 bridgehead atoms. The van der Waals surface area contributed by atoms with Crippen molar-refractivity contribution in [1.82, 2.24) is 14.3 Å². The van der Waals surface area contributed by atoms with E-state index in [0.29, 0.717) is 0 Å². The topological polar surface area (TPSA) is 38.7 Å². The zero-order chi connectivity index (χ0) is 10.4. The van der Waals surface area contributed by atoms with E-state index >= 15 is 0 Å². The van der Waals surface area contributed by atoms with Crippen LogP contribution in [0, 0.1) is 6.92 Å². The fourth-order valence-corrected chi connectivity index (χ4v) is 1.48. The van der Waals surface area contributed by atoms with E-state index in [-0.39, 0.29) is 0 Å². The summed E-state index contributed by atoms with van der Waals surface area (Å²) in [4.78, 5) is 8.29. The van der Waals surface area contributed by atoms with E-state index in [1.165, 1.54) is 11.5 Å². The molecule has 0 aromatic carbocycles. The number of aromatic nitrogens is 3. The molecule has 0 N–H and O–H groups in total. The Bertz CT molecular complexity index is 371. The van der Waals surface area contributed by atoms with Crippen molar-refractivity contribution >= 4 is 11.5 Å². The van der Waals surface area contributed by atoms with Gasteiger partial charge in [-0.15, -0.1) is 0 Å². The van der Waals surface area contributed by atoms with Gasteiger partial charge in [-0.3, -0.25) is 0 Å². The molecule has 0 aliphatic heterocycles. The highest BCUT2D eigenvalue weighted by atomic mass is 32.1. The summed E-state index contributed by atoms with van der Waals surface area (Å²) in [6.45, 7) is 5.88. The van der Waals surface area contributed by atoms with Crippen molar-refractivity contribution in [3.05, 3.63) is 29.7 Å². The van der Waals surface area contributed by atoms with E-state index in [4.69, 9.17) is 0 Å². The van der Waals surface area contributed by atoms with Gasteiger partial charge in [-0.2, -0.15) is 0 Å². The third kappa shape index (κ3) is 2.60. The first kappa shape index (κ1) is 10.8. The second-order valence-electron chi connectivity index (χ2n) is 2.40. The molecule has 4 heteroatoms. The number of hydrogen-bond donors (Lipinski definition) is 0. The van der Waals surface area contributed by atoms with Crippen molar-refractivity contribution in [1.29, 1.82) is 0 Å². The van der Waals surface area contributed by atoms with E-state index in [1.807, 2.05) is 38.4 Å². The SMILES string of the molecule is CC.Cc1nccc(-c2cnsc2)n1. The summed E-state index contributed by atoms with van der Waals surface area (Å²) in [6, 6.07) is 1.89. The Morgan fingerprint density at radius 2 is 2.07 bits per heavy atom. The molecule has 14 heavy (non-hydrogen) atoms. The summed E-state index contributed by atoms with van der Waals surface area (Å²) in [5.74, 6) is 0.790. The quantitative estimate of drug-likeness (QED) is 0.721. The third-order valence-electron chi connectivity index (χ3n) is 1.50. The second kappa shape index (κ2) is 5.44. The smallest absolute Gasteiger partial charge is 0.125 e. The lowest BCUT2D eigenvalue weighted by molar-refractivity contribution is 1.06. The molecule has 2 aromatic rings. The minimum Gasteiger partial charge on any atom is -0.242 e. The summed E-state index contributed by atoms with van der Waals surface area (Å²) in [5.41, 5.74) is 2.00.